The molecule has 25 heavy (non-hydrogen) atoms. The van der Waals surface area contributed by atoms with Gasteiger partial charge in [0.2, 0.25) is 11.8 Å². The molecule has 0 bridgehead atoms. The highest BCUT2D eigenvalue weighted by molar-refractivity contribution is 5.83. The molecule has 1 N–H and O–H groups in total. The van der Waals surface area contributed by atoms with Crippen LogP contribution in [0.2, 0.25) is 0 Å². The lowest BCUT2D eigenvalue weighted by Crippen LogP contribution is -2.44. The molecule has 0 radical (unpaired) electrons. The molecule has 2 rings (SSSR count). The van der Waals surface area contributed by atoms with E-state index >= 15 is 0 Å². The van der Waals surface area contributed by atoms with Crippen LogP contribution in [0.15, 0.2) is 24.3 Å². The molecule has 0 heterocycles. The predicted molar refractivity (Wildman–Crippen MR) is 98.6 cm³/mol. The number of hydrogen-bond donors (Lipinski definition) is 1. The number of nitrogens with one attached hydrogen (secondary N) is 1. The van der Waals surface area contributed by atoms with Crippen molar-refractivity contribution in [3.8, 4) is 5.75 Å². The molecular formula is C20H30N2O3. The summed E-state index contributed by atoms with van der Waals surface area (Å²) in [4.78, 5) is 25.9. The number of nitrogens with zero attached hydrogens (tertiary/aromatic N) is 1. The first-order valence-electron chi connectivity index (χ1n) is 9.27. The fraction of sp³-hybridized carbons (Fsp3) is 0.600. The van der Waals surface area contributed by atoms with E-state index in [0.29, 0.717) is 13.0 Å². The van der Waals surface area contributed by atoms with Gasteiger partial charge in [0.15, 0.2) is 0 Å². The minimum absolute atomic E-state index is 0.0536. The molecule has 5 nitrogen and oxygen atoms in total. The van der Waals surface area contributed by atoms with Crippen LogP contribution >= 0.6 is 0 Å². The lowest BCUT2D eigenvalue weighted by atomic mass is 10.1. The molecule has 1 aliphatic rings. The molecule has 0 spiro atoms. The summed E-state index contributed by atoms with van der Waals surface area (Å²) in [5, 5.41) is 3.11. The number of benzene rings is 1. The molecule has 2 amide bonds. The number of hydrogen-bond acceptors (Lipinski definition) is 3. The summed E-state index contributed by atoms with van der Waals surface area (Å²) < 4.78 is 5.35. The van der Waals surface area contributed by atoms with Crippen molar-refractivity contribution in [2.75, 3.05) is 20.2 Å². The van der Waals surface area contributed by atoms with E-state index in [4.69, 9.17) is 4.74 Å². The number of ether oxygens (including phenoxy) is 1. The molecule has 1 aliphatic carbocycles. The van der Waals surface area contributed by atoms with Crippen molar-refractivity contribution in [2.45, 2.75) is 57.9 Å². The van der Waals surface area contributed by atoms with Gasteiger partial charge in [-0.2, -0.15) is 0 Å². The van der Waals surface area contributed by atoms with Crippen molar-refractivity contribution >= 4 is 11.8 Å². The molecule has 138 valence electrons. The number of amides is 2. The van der Waals surface area contributed by atoms with Gasteiger partial charge in [-0.3, -0.25) is 9.59 Å². The molecule has 5 heteroatoms. The molecule has 1 saturated carbocycles. The second-order valence-electron chi connectivity index (χ2n) is 6.76. The van der Waals surface area contributed by atoms with Gasteiger partial charge >= 0.3 is 0 Å². The zero-order valence-corrected chi connectivity index (χ0v) is 15.4. The molecule has 0 saturated heterocycles. The SMILES string of the molecule is COc1ccccc1CCN(CC(=O)NC1CCCCCC1)C(C)=O. The molecule has 0 aliphatic heterocycles. The highest BCUT2D eigenvalue weighted by Crippen LogP contribution is 2.19. The lowest BCUT2D eigenvalue weighted by molar-refractivity contribution is -0.134. The van der Waals surface area contributed by atoms with Crippen LogP contribution in [0.5, 0.6) is 5.75 Å². The maximum Gasteiger partial charge on any atom is 0.239 e. The Morgan fingerprint density at radius 2 is 1.84 bits per heavy atom. The van der Waals surface area contributed by atoms with E-state index in [-0.39, 0.29) is 24.4 Å². The Balaban J connectivity index is 1.87. The number of rotatable bonds is 7. The standard InChI is InChI=1S/C20H30N2O3/c1-16(23)22(14-13-17-9-7-8-12-19(17)25-2)15-20(24)21-18-10-5-3-4-6-11-18/h7-9,12,18H,3-6,10-11,13-15H2,1-2H3,(H,21,24). The summed E-state index contributed by atoms with van der Waals surface area (Å²) >= 11 is 0. The third kappa shape index (κ3) is 6.40. The first-order chi connectivity index (χ1) is 12.1. The Bertz CT molecular complexity index is 566. The molecule has 1 aromatic carbocycles. The number of carbonyl (C=O) groups is 2. The van der Waals surface area contributed by atoms with E-state index in [9.17, 15) is 9.59 Å². The van der Waals surface area contributed by atoms with Crippen molar-refractivity contribution < 1.29 is 14.3 Å². The van der Waals surface area contributed by atoms with Gasteiger partial charge in [-0.15, -0.1) is 0 Å². The van der Waals surface area contributed by atoms with Crippen LogP contribution in [0.4, 0.5) is 0 Å². The average Bonchev–Trinajstić information content (AvgIpc) is 2.87. The minimum atomic E-state index is -0.0779. The predicted octanol–water partition coefficient (Wildman–Crippen LogP) is 2.93. The Hall–Kier alpha value is -2.04. The van der Waals surface area contributed by atoms with Crippen LogP contribution in [0.3, 0.4) is 0 Å². The molecule has 0 atom stereocenters. The van der Waals surface area contributed by atoms with Crippen LogP contribution in [-0.4, -0.2) is 43.0 Å². The molecule has 1 fully saturated rings. The Labute approximate surface area is 150 Å². The zero-order valence-electron chi connectivity index (χ0n) is 15.4. The molecular weight excluding hydrogens is 316 g/mol. The fourth-order valence-electron chi connectivity index (χ4n) is 3.38. The van der Waals surface area contributed by atoms with Crippen molar-refractivity contribution in [3.05, 3.63) is 29.8 Å². The normalized spacial score (nSPS) is 15.3. The van der Waals surface area contributed by atoms with E-state index in [1.54, 1.807) is 12.0 Å². The van der Waals surface area contributed by atoms with Gasteiger partial charge in [0.1, 0.15) is 5.75 Å². The van der Waals surface area contributed by atoms with Gasteiger partial charge in [-0.1, -0.05) is 43.9 Å². The topological polar surface area (TPSA) is 58.6 Å². The third-order valence-corrected chi connectivity index (χ3v) is 4.84. The van der Waals surface area contributed by atoms with E-state index in [0.717, 1.165) is 24.2 Å². The molecule has 0 unspecified atom stereocenters. The Morgan fingerprint density at radius 1 is 1.16 bits per heavy atom. The second kappa shape index (κ2) is 10.1. The highest BCUT2D eigenvalue weighted by Gasteiger charge is 2.18. The second-order valence-corrected chi connectivity index (χ2v) is 6.76. The Kier molecular flexibility index (Phi) is 7.76. The average molecular weight is 346 g/mol. The van der Waals surface area contributed by atoms with Crippen LogP contribution in [0.25, 0.3) is 0 Å². The smallest absolute Gasteiger partial charge is 0.239 e. The van der Waals surface area contributed by atoms with Crippen molar-refractivity contribution in [1.82, 2.24) is 10.2 Å². The maximum atomic E-state index is 12.3. The summed E-state index contributed by atoms with van der Waals surface area (Å²) in [5.41, 5.74) is 1.04. The van der Waals surface area contributed by atoms with Crippen molar-refractivity contribution in [3.63, 3.8) is 0 Å². The summed E-state index contributed by atoms with van der Waals surface area (Å²) in [6.07, 6.45) is 7.63. The highest BCUT2D eigenvalue weighted by atomic mass is 16.5. The molecule has 0 aromatic heterocycles. The van der Waals surface area contributed by atoms with E-state index in [2.05, 4.69) is 5.32 Å². The number of para-hydroxylation sites is 1. The minimum Gasteiger partial charge on any atom is -0.496 e. The van der Waals surface area contributed by atoms with Crippen LogP contribution in [0.1, 0.15) is 51.0 Å². The van der Waals surface area contributed by atoms with Crippen LogP contribution < -0.4 is 10.1 Å². The van der Waals surface area contributed by atoms with Gasteiger partial charge in [-0.05, 0) is 30.9 Å². The van der Waals surface area contributed by atoms with E-state index < -0.39 is 0 Å². The first-order valence-corrected chi connectivity index (χ1v) is 9.27. The largest absolute Gasteiger partial charge is 0.496 e. The summed E-state index contributed by atoms with van der Waals surface area (Å²) in [7, 11) is 1.64. The van der Waals surface area contributed by atoms with Gasteiger partial charge in [0.05, 0.1) is 13.7 Å². The summed E-state index contributed by atoms with van der Waals surface area (Å²) in [5.74, 6) is 0.682. The maximum absolute atomic E-state index is 12.3. The zero-order chi connectivity index (χ0) is 18.1. The quantitative estimate of drug-likeness (QED) is 0.772. The lowest BCUT2D eigenvalue weighted by Gasteiger charge is -2.23. The molecule has 1 aromatic rings. The fourth-order valence-corrected chi connectivity index (χ4v) is 3.38. The van der Waals surface area contributed by atoms with Crippen molar-refractivity contribution in [2.24, 2.45) is 0 Å². The summed E-state index contributed by atoms with van der Waals surface area (Å²) in [6, 6.07) is 8.03. The monoisotopic (exact) mass is 346 g/mol. The summed E-state index contributed by atoms with van der Waals surface area (Å²) in [6.45, 7) is 2.15. The number of methoxy groups -OCH3 is 1. The van der Waals surface area contributed by atoms with E-state index in [1.807, 2.05) is 24.3 Å². The van der Waals surface area contributed by atoms with Gasteiger partial charge in [0.25, 0.3) is 0 Å². The van der Waals surface area contributed by atoms with Gasteiger partial charge in [0, 0.05) is 19.5 Å². The van der Waals surface area contributed by atoms with E-state index in [1.165, 1.54) is 32.6 Å². The van der Waals surface area contributed by atoms with Crippen LogP contribution in [-0.2, 0) is 16.0 Å². The van der Waals surface area contributed by atoms with Crippen LogP contribution in [0, 0.1) is 0 Å². The third-order valence-electron chi connectivity index (χ3n) is 4.84. The first kappa shape index (κ1) is 19.3. The Morgan fingerprint density at radius 3 is 2.48 bits per heavy atom. The number of carbonyl (C=O) groups excluding carboxylic acids is 2. The van der Waals surface area contributed by atoms with Crippen molar-refractivity contribution in [1.29, 1.82) is 0 Å². The van der Waals surface area contributed by atoms with Gasteiger partial charge in [-0.25, -0.2) is 0 Å². The van der Waals surface area contributed by atoms with Gasteiger partial charge < -0.3 is 15.0 Å².